The van der Waals surface area contributed by atoms with Gasteiger partial charge in [0.05, 0.1) is 17.7 Å². The molecule has 0 heterocycles. The Morgan fingerprint density at radius 2 is 1.66 bits per heavy atom. The van der Waals surface area contributed by atoms with E-state index in [0.717, 1.165) is 0 Å². The number of ether oxygens (including phenoxy) is 2. The number of rotatable bonds is 8. The highest BCUT2D eigenvalue weighted by Gasteiger charge is 2.15. The molecule has 8 nitrogen and oxygen atoms in total. The molecule has 3 rings (SSSR count). The van der Waals surface area contributed by atoms with Crippen LogP contribution in [-0.4, -0.2) is 29.6 Å². The molecule has 0 unspecified atom stereocenters. The van der Waals surface area contributed by atoms with Crippen molar-refractivity contribution >= 4 is 41.2 Å². The van der Waals surface area contributed by atoms with Crippen molar-refractivity contribution in [3.63, 3.8) is 0 Å². The van der Waals surface area contributed by atoms with Crippen LogP contribution in [0.2, 0.25) is 5.02 Å². The Bertz CT molecular complexity index is 1330. The van der Waals surface area contributed by atoms with Crippen molar-refractivity contribution in [3.8, 4) is 17.6 Å². The molecule has 0 saturated carbocycles. The summed E-state index contributed by atoms with van der Waals surface area (Å²) in [5.74, 6) is -1.94. The molecule has 35 heavy (non-hydrogen) atoms. The van der Waals surface area contributed by atoms with Gasteiger partial charge in [0.15, 0.2) is 11.5 Å². The van der Waals surface area contributed by atoms with Crippen LogP contribution in [0.5, 0.6) is 11.5 Å². The fourth-order valence-electron chi connectivity index (χ4n) is 2.92. The number of amides is 1. The van der Waals surface area contributed by atoms with E-state index < -0.39 is 17.8 Å². The zero-order valence-electron chi connectivity index (χ0n) is 18.4. The van der Waals surface area contributed by atoms with Gasteiger partial charge in [0, 0.05) is 10.7 Å². The maximum atomic E-state index is 12.5. The van der Waals surface area contributed by atoms with E-state index in [0.29, 0.717) is 21.8 Å². The number of nitrogens with zero attached hydrogens (tertiary/aromatic N) is 1. The number of carbonyl (C=O) groups excluding carboxylic acids is 2. The second-order valence-electron chi connectivity index (χ2n) is 7.04. The van der Waals surface area contributed by atoms with Gasteiger partial charge in [-0.3, -0.25) is 4.79 Å². The predicted molar refractivity (Wildman–Crippen MR) is 130 cm³/mol. The largest absolute Gasteiger partial charge is 0.490 e. The lowest BCUT2D eigenvalue weighted by atomic mass is 10.1. The van der Waals surface area contributed by atoms with Gasteiger partial charge >= 0.3 is 11.9 Å². The van der Waals surface area contributed by atoms with E-state index in [-0.39, 0.29) is 29.2 Å². The van der Waals surface area contributed by atoms with Crippen LogP contribution in [0.15, 0.2) is 72.3 Å². The summed E-state index contributed by atoms with van der Waals surface area (Å²) in [6.45, 7) is 2.05. The summed E-state index contributed by atoms with van der Waals surface area (Å²) in [6, 6.07) is 18.2. The van der Waals surface area contributed by atoms with Crippen molar-refractivity contribution in [1.82, 2.24) is 0 Å². The Balaban J connectivity index is 1.80. The number of carboxylic acid groups (broad SMARTS) is 1. The van der Waals surface area contributed by atoms with Crippen LogP contribution in [0.3, 0.4) is 0 Å². The van der Waals surface area contributed by atoms with Crippen molar-refractivity contribution in [3.05, 3.63) is 94.0 Å². The third-order valence-electron chi connectivity index (χ3n) is 4.62. The van der Waals surface area contributed by atoms with E-state index in [9.17, 15) is 19.6 Å². The first kappa shape index (κ1) is 25.0. The molecule has 1 amide bonds. The van der Waals surface area contributed by atoms with Crippen molar-refractivity contribution < 1.29 is 29.0 Å². The number of hydrogen-bond acceptors (Lipinski definition) is 6. The standard InChI is InChI=1S/C26H19ClN2O6/c1-2-34-23-14-16(3-12-22(23)35-26(33)18-4-8-20(27)9-5-18)13-19(15-28)24(30)29-21-10-6-17(7-11-21)25(31)32/h3-14H,2H2,1H3,(H,29,30)(H,31,32)/b19-13+. The van der Waals surface area contributed by atoms with E-state index in [1.54, 1.807) is 31.2 Å². The number of carboxylic acids is 1. The zero-order chi connectivity index (χ0) is 25.4. The van der Waals surface area contributed by atoms with Gasteiger partial charge < -0.3 is 19.9 Å². The van der Waals surface area contributed by atoms with Crippen LogP contribution < -0.4 is 14.8 Å². The Morgan fingerprint density at radius 1 is 1.00 bits per heavy atom. The van der Waals surface area contributed by atoms with Crippen LogP contribution in [0, 0.1) is 11.3 Å². The number of nitriles is 1. The van der Waals surface area contributed by atoms with Gasteiger partial charge in [0.25, 0.3) is 5.91 Å². The summed E-state index contributed by atoms with van der Waals surface area (Å²) in [6.07, 6.45) is 1.36. The normalized spacial score (nSPS) is 10.7. The second-order valence-corrected chi connectivity index (χ2v) is 7.48. The minimum Gasteiger partial charge on any atom is -0.490 e. The average Bonchev–Trinajstić information content (AvgIpc) is 2.84. The van der Waals surface area contributed by atoms with Crippen molar-refractivity contribution in [2.24, 2.45) is 0 Å². The highest BCUT2D eigenvalue weighted by molar-refractivity contribution is 6.30. The van der Waals surface area contributed by atoms with Crippen molar-refractivity contribution in [1.29, 1.82) is 5.26 Å². The van der Waals surface area contributed by atoms with Crippen LogP contribution in [0.25, 0.3) is 6.08 Å². The minimum absolute atomic E-state index is 0.0688. The smallest absolute Gasteiger partial charge is 0.343 e. The molecule has 0 aliphatic heterocycles. The maximum absolute atomic E-state index is 12.5. The first-order chi connectivity index (χ1) is 16.8. The lowest BCUT2D eigenvalue weighted by molar-refractivity contribution is -0.112. The average molecular weight is 491 g/mol. The van der Waals surface area contributed by atoms with Crippen LogP contribution in [0.4, 0.5) is 5.69 Å². The number of halogens is 1. The highest BCUT2D eigenvalue weighted by atomic mass is 35.5. The van der Waals surface area contributed by atoms with E-state index >= 15 is 0 Å². The van der Waals surface area contributed by atoms with Gasteiger partial charge in [-0.15, -0.1) is 0 Å². The number of benzene rings is 3. The number of esters is 1. The molecule has 0 aliphatic rings. The Hall–Kier alpha value is -4.61. The number of anilines is 1. The van der Waals surface area contributed by atoms with Gasteiger partial charge in [-0.1, -0.05) is 17.7 Å². The van der Waals surface area contributed by atoms with Crippen LogP contribution in [-0.2, 0) is 4.79 Å². The number of nitrogens with one attached hydrogen (secondary N) is 1. The molecule has 3 aromatic carbocycles. The molecular weight excluding hydrogens is 472 g/mol. The minimum atomic E-state index is -1.09. The second kappa shape index (κ2) is 11.5. The fourth-order valence-corrected chi connectivity index (χ4v) is 3.05. The molecule has 3 aromatic rings. The van der Waals surface area contributed by atoms with Gasteiger partial charge in [-0.25, -0.2) is 9.59 Å². The molecule has 0 radical (unpaired) electrons. The fraction of sp³-hybridized carbons (Fsp3) is 0.0769. The first-order valence-electron chi connectivity index (χ1n) is 10.3. The molecule has 0 atom stereocenters. The van der Waals surface area contributed by atoms with Gasteiger partial charge in [0.1, 0.15) is 11.6 Å². The third kappa shape index (κ3) is 6.69. The van der Waals surface area contributed by atoms with E-state index in [4.69, 9.17) is 26.2 Å². The van der Waals surface area contributed by atoms with Crippen LogP contribution in [0.1, 0.15) is 33.2 Å². The Kier molecular flexibility index (Phi) is 8.22. The number of carbonyl (C=O) groups is 3. The SMILES string of the molecule is CCOc1cc(/C=C(\C#N)C(=O)Nc2ccc(C(=O)O)cc2)ccc1OC(=O)c1ccc(Cl)cc1. The molecule has 0 saturated heterocycles. The van der Waals surface area contributed by atoms with Gasteiger partial charge in [-0.05, 0) is 79.2 Å². The molecule has 0 bridgehead atoms. The summed E-state index contributed by atoms with van der Waals surface area (Å²) >= 11 is 5.85. The molecule has 0 fully saturated rings. The molecule has 0 spiro atoms. The molecular formula is C26H19ClN2O6. The van der Waals surface area contributed by atoms with Gasteiger partial charge in [-0.2, -0.15) is 5.26 Å². The summed E-state index contributed by atoms with van der Waals surface area (Å²) in [5, 5.41) is 21.5. The topological polar surface area (TPSA) is 126 Å². The predicted octanol–water partition coefficient (Wildman–Crippen LogP) is 5.20. The zero-order valence-corrected chi connectivity index (χ0v) is 19.2. The summed E-state index contributed by atoms with van der Waals surface area (Å²) in [7, 11) is 0. The van der Waals surface area contributed by atoms with E-state index in [1.807, 2.05) is 6.07 Å². The lowest BCUT2D eigenvalue weighted by Crippen LogP contribution is -2.13. The van der Waals surface area contributed by atoms with Crippen molar-refractivity contribution in [2.45, 2.75) is 6.92 Å². The Labute approximate surface area is 206 Å². The summed E-state index contributed by atoms with van der Waals surface area (Å²) < 4.78 is 11.0. The van der Waals surface area contributed by atoms with Crippen molar-refractivity contribution in [2.75, 3.05) is 11.9 Å². The highest BCUT2D eigenvalue weighted by Crippen LogP contribution is 2.30. The molecule has 2 N–H and O–H groups in total. The lowest BCUT2D eigenvalue weighted by Gasteiger charge is -2.12. The quantitative estimate of drug-likeness (QED) is 0.192. The third-order valence-corrected chi connectivity index (χ3v) is 4.87. The number of aromatic carboxylic acids is 1. The van der Waals surface area contributed by atoms with E-state index in [1.165, 1.54) is 48.5 Å². The first-order valence-corrected chi connectivity index (χ1v) is 10.7. The molecule has 9 heteroatoms. The van der Waals surface area contributed by atoms with E-state index in [2.05, 4.69) is 5.32 Å². The Morgan fingerprint density at radius 3 is 2.26 bits per heavy atom. The summed E-state index contributed by atoms with van der Waals surface area (Å²) in [4.78, 5) is 35.9. The maximum Gasteiger partial charge on any atom is 0.343 e. The van der Waals surface area contributed by atoms with Gasteiger partial charge in [0.2, 0.25) is 0 Å². The number of hydrogen-bond donors (Lipinski definition) is 2. The summed E-state index contributed by atoms with van der Waals surface area (Å²) in [5.41, 5.74) is 0.981. The molecule has 0 aliphatic carbocycles. The molecule has 0 aromatic heterocycles. The van der Waals surface area contributed by atoms with Crippen LogP contribution >= 0.6 is 11.6 Å². The molecule has 176 valence electrons. The monoisotopic (exact) mass is 490 g/mol.